The number of fused-ring (bicyclic) bond motifs is 2. The predicted octanol–water partition coefficient (Wildman–Crippen LogP) is 3.98. The molecule has 0 unspecified atom stereocenters. The fourth-order valence-electron chi connectivity index (χ4n) is 5.55. The first-order chi connectivity index (χ1) is 12.1. The highest BCUT2D eigenvalue weighted by atomic mass is 16.5. The molecular weight excluding hydrogens is 328 g/mol. The van der Waals surface area contributed by atoms with Gasteiger partial charge in [-0.3, -0.25) is 4.79 Å². The van der Waals surface area contributed by atoms with E-state index >= 15 is 0 Å². The number of rotatable bonds is 3. The molecule has 0 bridgehead atoms. The fourth-order valence-corrected chi connectivity index (χ4v) is 5.55. The maximum absolute atomic E-state index is 12.6. The molecule has 4 atom stereocenters. The van der Waals surface area contributed by atoms with Gasteiger partial charge < -0.3 is 9.84 Å². The number of allylic oxidation sites excluding steroid dienone is 2. The number of hydrogen-bond donors (Lipinski definition) is 1. The first-order valence-corrected chi connectivity index (χ1v) is 9.99. The van der Waals surface area contributed by atoms with Gasteiger partial charge in [0.05, 0.1) is 12.7 Å². The summed E-state index contributed by atoms with van der Waals surface area (Å²) in [5, 5.41) is 10.8. The Morgan fingerprint density at radius 2 is 2.00 bits per heavy atom. The van der Waals surface area contributed by atoms with E-state index in [-0.39, 0.29) is 28.8 Å². The number of aliphatic hydroxyl groups excluding tert-OH is 1. The van der Waals surface area contributed by atoms with Crippen molar-refractivity contribution in [3.8, 4) is 0 Å². The molecular formula is C22H32O4. The molecule has 1 fully saturated rings. The lowest BCUT2D eigenvalue weighted by atomic mass is 9.66. The SMILES string of the molecule is CCOC(=O)C1=C2C=C3[C@@H](O)C[C@H](C(C)C)[C@@]3(C)CC[C@]2(C)CCC1=O. The number of carbonyl (C=O) groups excluding carboxylic acids is 2. The highest BCUT2D eigenvalue weighted by Gasteiger charge is 2.52. The summed E-state index contributed by atoms with van der Waals surface area (Å²) in [6.07, 6.45) is 5.31. The lowest BCUT2D eigenvalue weighted by Crippen LogP contribution is -2.32. The van der Waals surface area contributed by atoms with E-state index in [1.165, 1.54) is 0 Å². The Hall–Kier alpha value is -1.42. The summed E-state index contributed by atoms with van der Waals surface area (Å²) in [7, 11) is 0. The standard InChI is InChI=1S/C22H32O4/c1-6-26-20(25)19-16-11-15-18(24)12-14(13(2)3)22(15,5)10-9-21(16,4)8-7-17(19)23/h11,13-14,18,24H,6-10,12H2,1-5H3/t14-,18+,21+,22-/m1/s1. The average molecular weight is 360 g/mol. The fraction of sp³-hybridized carbons (Fsp3) is 0.727. The second-order valence-electron chi connectivity index (χ2n) is 9.11. The van der Waals surface area contributed by atoms with Gasteiger partial charge >= 0.3 is 5.97 Å². The maximum Gasteiger partial charge on any atom is 0.342 e. The van der Waals surface area contributed by atoms with Gasteiger partial charge in [0.1, 0.15) is 5.57 Å². The number of aliphatic hydroxyl groups is 1. The zero-order valence-corrected chi connectivity index (χ0v) is 16.7. The third kappa shape index (κ3) is 2.87. The molecule has 0 aliphatic heterocycles. The van der Waals surface area contributed by atoms with Gasteiger partial charge in [-0.05, 0) is 66.4 Å². The van der Waals surface area contributed by atoms with E-state index in [2.05, 4.69) is 27.7 Å². The molecule has 0 aromatic heterocycles. The molecule has 3 aliphatic rings. The third-order valence-electron chi connectivity index (χ3n) is 7.20. The molecule has 0 aromatic rings. The molecule has 4 nitrogen and oxygen atoms in total. The molecule has 26 heavy (non-hydrogen) atoms. The van der Waals surface area contributed by atoms with Gasteiger partial charge in [0, 0.05) is 6.42 Å². The molecule has 3 rings (SSSR count). The van der Waals surface area contributed by atoms with Crippen LogP contribution < -0.4 is 0 Å². The third-order valence-corrected chi connectivity index (χ3v) is 7.20. The van der Waals surface area contributed by atoms with Crippen LogP contribution in [0.4, 0.5) is 0 Å². The van der Waals surface area contributed by atoms with Crippen LogP contribution in [0, 0.1) is 22.7 Å². The molecule has 0 radical (unpaired) electrons. The highest BCUT2D eigenvalue weighted by molar-refractivity contribution is 6.19. The van der Waals surface area contributed by atoms with Gasteiger partial charge in [0.15, 0.2) is 5.78 Å². The minimum absolute atomic E-state index is 0.0796. The Balaban J connectivity index is 2.19. The van der Waals surface area contributed by atoms with Crippen LogP contribution in [-0.2, 0) is 14.3 Å². The summed E-state index contributed by atoms with van der Waals surface area (Å²) in [6.45, 7) is 10.9. The van der Waals surface area contributed by atoms with E-state index in [1.54, 1.807) is 6.92 Å². The van der Waals surface area contributed by atoms with Crippen molar-refractivity contribution in [1.82, 2.24) is 0 Å². The number of ether oxygens (including phenoxy) is 1. The van der Waals surface area contributed by atoms with Crippen molar-refractivity contribution in [2.45, 2.75) is 72.8 Å². The summed E-state index contributed by atoms with van der Waals surface area (Å²) >= 11 is 0. The first-order valence-electron chi connectivity index (χ1n) is 9.99. The molecule has 0 saturated heterocycles. The molecule has 0 aromatic carbocycles. The highest BCUT2D eigenvalue weighted by Crippen LogP contribution is 2.59. The lowest BCUT2D eigenvalue weighted by Gasteiger charge is -2.38. The van der Waals surface area contributed by atoms with E-state index in [9.17, 15) is 14.7 Å². The summed E-state index contributed by atoms with van der Waals surface area (Å²) < 4.78 is 5.20. The zero-order valence-electron chi connectivity index (χ0n) is 16.7. The number of hydrogen-bond acceptors (Lipinski definition) is 4. The van der Waals surface area contributed by atoms with E-state index < -0.39 is 12.1 Å². The predicted molar refractivity (Wildman–Crippen MR) is 100 cm³/mol. The second-order valence-corrected chi connectivity index (χ2v) is 9.11. The molecule has 1 saturated carbocycles. The summed E-state index contributed by atoms with van der Waals surface area (Å²) in [5.41, 5.74) is 1.74. The van der Waals surface area contributed by atoms with Gasteiger partial charge in [-0.15, -0.1) is 0 Å². The Bertz CT molecular complexity index is 686. The Labute approximate surface area is 156 Å². The van der Waals surface area contributed by atoms with Crippen LogP contribution in [0.2, 0.25) is 0 Å². The zero-order chi connectivity index (χ0) is 19.3. The van der Waals surface area contributed by atoms with Crippen LogP contribution in [0.25, 0.3) is 0 Å². The first kappa shape index (κ1) is 19.3. The van der Waals surface area contributed by atoms with Crippen molar-refractivity contribution in [1.29, 1.82) is 0 Å². The molecule has 4 heteroatoms. The van der Waals surface area contributed by atoms with E-state index in [1.807, 2.05) is 6.08 Å². The average Bonchev–Trinajstić information content (AvgIpc) is 2.74. The normalized spacial score (nSPS) is 37.2. The van der Waals surface area contributed by atoms with Crippen LogP contribution in [0.1, 0.15) is 66.7 Å². The van der Waals surface area contributed by atoms with Crippen molar-refractivity contribution in [3.05, 3.63) is 22.8 Å². The summed E-state index contributed by atoms with van der Waals surface area (Å²) in [6, 6.07) is 0. The minimum Gasteiger partial charge on any atom is -0.462 e. The monoisotopic (exact) mass is 360 g/mol. The quantitative estimate of drug-likeness (QED) is 0.611. The van der Waals surface area contributed by atoms with E-state index in [4.69, 9.17) is 4.74 Å². The van der Waals surface area contributed by atoms with Gasteiger partial charge in [-0.1, -0.05) is 33.8 Å². The Morgan fingerprint density at radius 1 is 1.31 bits per heavy atom. The molecule has 144 valence electrons. The van der Waals surface area contributed by atoms with Gasteiger partial charge in [0.25, 0.3) is 0 Å². The van der Waals surface area contributed by atoms with Gasteiger partial charge in [-0.2, -0.15) is 0 Å². The van der Waals surface area contributed by atoms with Crippen LogP contribution in [0.15, 0.2) is 22.8 Å². The molecule has 0 spiro atoms. The van der Waals surface area contributed by atoms with Crippen LogP contribution in [0.5, 0.6) is 0 Å². The number of esters is 1. The Kier molecular flexibility index (Phi) is 4.93. The van der Waals surface area contributed by atoms with E-state index in [0.29, 0.717) is 18.3 Å². The lowest BCUT2D eigenvalue weighted by molar-refractivity contribution is -0.140. The Morgan fingerprint density at radius 3 is 2.62 bits per heavy atom. The van der Waals surface area contributed by atoms with Crippen molar-refractivity contribution < 1.29 is 19.4 Å². The smallest absolute Gasteiger partial charge is 0.342 e. The molecule has 0 amide bonds. The van der Waals surface area contributed by atoms with Gasteiger partial charge in [0.2, 0.25) is 0 Å². The van der Waals surface area contributed by atoms with Crippen molar-refractivity contribution in [2.24, 2.45) is 22.7 Å². The topological polar surface area (TPSA) is 63.6 Å². The van der Waals surface area contributed by atoms with Crippen LogP contribution >= 0.6 is 0 Å². The van der Waals surface area contributed by atoms with E-state index in [0.717, 1.165) is 36.8 Å². The summed E-state index contributed by atoms with van der Waals surface area (Å²) in [5.74, 6) is 0.263. The number of carbonyl (C=O) groups is 2. The minimum atomic E-state index is -0.508. The van der Waals surface area contributed by atoms with Crippen LogP contribution in [-0.4, -0.2) is 29.6 Å². The molecule has 1 N–H and O–H groups in total. The largest absolute Gasteiger partial charge is 0.462 e. The number of ketones is 1. The van der Waals surface area contributed by atoms with Crippen LogP contribution in [0.3, 0.4) is 0 Å². The summed E-state index contributed by atoms with van der Waals surface area (Å²) in [4.78, 5) is 25.1. The number of Topliss-reactive ketones (excluding diaryl/α,β-unsaturated/α-hetero) is 1. The van der Waals surface area contributed by atoms with Gasteiger partial charge in [-0.25, -0.2) is 4.79 Å². The molecule has 3 aliphatic carbocycles. The van der Waals surface area contributed by atoms with Crippen molar-refractivity contribution in [3.63, 3.8) is 0 Å². The molecule has 0 heterocycles. The second kappa shape index (κ2) is 6.63. The van der Waals surface area contributed by atoms with Crippen molar-refractivity contribution in [2.75, 3.05) is 6.61 Å². The van der Waals surface area contributed by atoms with Crippen molar-refractivity contribution >= 4 is 11.8 Å². The maximum atomic E-state index is 12.6.